The van der Waals surface area contributed by atoms with Crippen molar-refractivity contribution in [1.29, 1.82) is 0 Å². The zero-order chi connectivity index (χ0) is 10.8. The van der Waals surface area contributed by atoms with Crippen molar-refractivity contribution in [1.82, 2.24) is 9.97 Å². The molecule has 2 rings (SSSR count). The number of benzene rings is 1. The maximum atomic E-state index is 9.16. The van der Waals surface area contributed by atoms with Gasteiger partial charge in [-0.2, -0.15) is 0 Å². The van der Waals surface area contributed by atoms with Crippen LogP contribution in [-0.2, 0) is 6.61 Å². The van der Waals surface area contributed by atoms with Gasteiger partial charge < -0.3 is 15.2 Å². The summed E-state index contributed by atoms with van der Waals surface area (Å²) < 4.78 is 0. The van der Waals surface area contributed by atoms with E-state index < -0.39 is 0 Å². The average Bonchev–Trinajstić information content (AvgIpc) is 2.61. The quantitative estimate of drug-likeness (QED) is 0.695. The van der Waals surface area contributed by atoms with Crippen molar-refractivity contribution < 1.29 is 10.2 Å². The number of rotatable bonds is 2. The Bertz CT molecular complexity index is 460. The zero-order valence-electron chi connectivity index (χ0n) is 8.36. The van der Waals surface area contributed by atoms with E-state index in [2.05, 4.69) is 9.97 Å². The number of H-pyrrole nitrogens is 1. The van der Waals surface area contributed by atoms with E-state index in [1.165, 1.54) is 0 Å². The van der Waals surface area contributed by atoms with Crippen molar-refractivity contribution in [3.05, 3.63) is 35.8 Å². The third-order valence-corrected chi connectivity index (χ3v) is 2.22. The van der Waals surface area contributed by atoms with Gasteiger partial charge in [-0.15, -0.1) is 0 Å². The number of imidazole rings is 1. The maximum absolute atomic E-state index is 9.16. The molecule has 4 heteroatoms. The highest BCUT2D eigenvalue weighted by atomic mass is 16.3. The van der Waals surface area contributed by atoms with Crippen molar-refractivity contribution in [2.75, 3.05) is 0 Å². The largest absolute Gasteiger partial charge is 0.508 e. The number of hydrogen-bond donors (Lipinski definition) is 3. The molecule has 78 valence electrons. The predicted molar refractivity (Wildman–Crippen MR) is 56.3 cm³/mol. The number of aryl methyl sites for hydroxylation is 1. The third-order valence-electron chi connectivity index (χ3n) is 2.22. The molecule has 0 fully saturated rings. The van der Waals surface area contributed by atoms with Gasteiger partial charge in [-0.3, -0.25) is 0 Å². The molecule has 2 aromatic rings. The van der Waals surface area contributed by atoms with Crippen molar-refractivity contribution in [3.8, 4) is 17.0 Å². The highest BCUT2D eigenvalue weighted by molar-refractivity contribution is 5.62. The molecule has 0 aliphatic rings. The molecular formula is C11H12N2O2. The van der Waals surface area contributed by atoms with E-state index in [4.69, 9.17) is 10.2 Å². The molecule has 0 radical (unpaired) electrons. The van der Waals surface area contributed by atoms with Crippen LogP contribution in [0.4, 0.5) is 0 Å². The fourth-order valence-corrected chi connectivity index (χ4v) is 1.50. The number of aliphatic hydroxyl groups is 1. The summed E-state index contributed by atoms with van der Waals surface area (Å²) in [5.74, 6) is 0.782. The summed E-state index contributed by atoms with van der Waals surface area (Å²) in [4.78, 5) is 7.22. The predicted octanol–water partition coefficient (Wildman–Crippen LogP) is 1.58. The van der Waals surface area contributed by atoms with E-state index in [0.717, 1.165) is 17.0 Å². The Morgan fingerprint density at radius 1 is 1.27 bits per heavy atom. The number of aromatic amines is 1. The van der Waals surface area contributed by atoms with Crippen LogP contribution >= 0.6 is 0 Å². The number of nitrogens with zero attached hydrogens (tertiary/aromatic N) is 1. The van der Waals surface area contributed by atoms with Gasteiger partial charge in [0.25, 0.3) is 0 Å². The maximum Gasteiger partial charge on any atom is 0.132 e. The topological polar surface area (TPSA) is 69.1 Å². The average molecular weight is 204 g/mol. The minimum absolute atomic E-state index is 0.0983. The molecule has 1 aromatic carbocycles. The molecule has 0 amide bonds. The molecule has 0 aliphatic carbocycles. The number of nitrogens with one attached hydrogen (secondary N) is 1. The lowest BCUT2D eigenvalue weighted by Crippen LogP contribution is -1.84. The first kappa shape index (κ1) is 9.73. The molecule has 1 aromatic heterocycles. The number of hydrogen-bond acceptors (Lipinski definition) is 3. The first-order chi connectivity index (χ1) is 7.20. The van der Waals surface area contributed by atoms with Gasteiger partial charge in [-0.1, -0.05) is 0 Å². The van der Waals surface area contributed by atoms with Crippen molar-refractivity contribution >= 4 is 0 Å². The molecule has 0 saturated heterocycles. The summed E-state index contributed by atoms with van der Waals surface area (Å²) in [6, 6.07) is 6.81. The number of aromatic nitrogens is 2. The standard InChI is InChI=1S/C11H12N2O2/c1-7-11(13-10(6-14)12-7)8-2-4-9(15)5-3-8/h2-5,14-15H,6H2,1H3,(H,12,13). The highest BCUT2D eigenvalue weighted by Crippen LogP contribution is 2.23. The Kier molecular flexibility index (Phi) is 2.43. The Morgan fingerprint density at radius 3 is 2.47 bits per heavy atom. The van der Waals surface area contributed by atoms with Crippen LogP contribution in [-0.4, -0.2) is 20.2 Å². The van der Waals surface area contributed by atoms with Gasteiger partial charge in [0.15, 0.2) is 0 Å². The minimum atomic E-state index is -0.0983. The Hall–Kier alpha value is -1.81. The molecule has 3 N–H and O–H groups in total. The van der Waals surface area contributed by atoms with E-state index >= 15 is 0 Å². The van der Waals surface area contributed by atoms with Crippen LogP contribution in [0.2, 0.25) is 0 Å². The zero-order valence-corrected chi connectivity index (χ0v) is 8.36. The van der Waals surface area contributed by atoms with Crippen molar-refractivity contribution in [3.63, 3.8) is 0 Å². The smallest absolute Gasteiger partial charge is 0.132 e. The van der Waals surface area contributed by atoms with Crippen LogP contribution < -0.4 is 0 Å². The monoisotopic (exact) mass is 204 g/mol. The van der Waals surface area contributed by atoms with Gasteiger partial charge in [0.05, 0.1) is 5.69 Å². The molecule has 4 nitrogen and oxygen atoms in total. The summed E-state index contributed by atoms with van der Waals surface area (Å²) in [6.45, 7) is 1.80. The summed E-state index contributed by atoms with van der Waals surface area (Å²) in [7, 11) is 0. The van der Waals surface area contributed by atoms with Crippen LogP contribution in [0.1, 0.15) is 11.5 Å². The molecule has 0 bridgehead atoms. The van der Waals surface area contributed by atoms with E-state index in [1.807, 2.05) is 6.92 Å². The number of phenolic OH excluding ortho intramolecular Hbond substituents is 1. The van der Waals surface area contributed by atoms with Crippen LogP contribution in [0.3, 0.4) is 0 Å². The van der Waals surface area contributed by atoms with Gasteiger partial charge in [0, 0.05) is 11.3 Å². The van der Waals surface area contributed by atoms with Crippen LogP contribution in [0.5, 0.6) is 5.75 Å². The molecule has 1 heterocycles. The Morgan fingerprint density at radius 2 is 1.93 bits per heavy atom. The Balaban J connectivity index is 2.44. The van der Waals surface area contributed by atoms with Gasteiger partial charge in [-0.25, -0.2) is 4.98 Å². The van der Waals surface area contributed by atoms with Crippen LogP contribution in [0.25, 0.3) is 11.3 Å². The first-order valence-electron chi connectivity index (χ1n) is 4.66. The van der Waals surface area contributed by atoms with Gasteiger partial charge in [0.2, 0.25) is 0 Å². The minimum Gasteiger partial charge on any atom is -0.508 e. The number of phenols is 1. The summed E-state index contributed by atoms with van der Waals surface area (Å²) in [5, 5.41) is 18.1. The second-order valence-electron chi connectivity index (χ2n) is 3.36. The van der Waals surface area contributed by atoms with Crippen LogP contribution in [0.15, 0.2) is 24.3 Å². The molecule has 0 atom stereocenters. The fourth-order valence-electron chi connectivity index (χ4n) is 1.50. The van der Waals surface area contributed by atoms with Gasteiger partial charge in [0.1, 0.15) is 18.2 Å². The Labute approximate surface area is 87.2 Å². The van der Waals surface area contributed by atoms with Crippen LogP contribution in [0, 0.1) is 6.92 Å². The molecular weight excluding hydrogens is 192 g/mol. The summed E-state index contributed by atoms with van der Waals surface area (Å²) in [5.41, 5.74) is 2.63. The number of aliphatic hydroxyl groups excluding tert-OH is 1. The number of aromatic hydroxyl groups is 1. The van der Waals surface area contributed by atoms with Gasteiger partial charge >= 0.3 is 0 Å². The van der Waals surface area contributed by atoms with E-state index in [0.29, 0.717) is 5.82 Å². The van der Waals surface area contributed by atoms with E-state index in [-0.39, 0.29) is 12.4 Å². The van der Waals surface area contributed by atoms with Crippen molar-refractivity contribution in [2.24, 2.45) is 0 Å². The van der Waals surface area contributed by atoms with E-state index in [1.54, 1.807) is 24.3 Å². The molecule has 0 spiro atoms. The summed E-state index contributed by atoms with van der Waals surface area (Å²) in [6.07, 6.45) is 0. The first-order valence-corrected chi connectivity index (χ1v) is 4.66. The lowest BCUT2D eigenvalue weighted by molar-refractivity contribution is 0.272. The second kappa shape index (κ2) is 3.74. The van der Waals surface area contributed by atoms with Crippen molar-refractivity contribution in [2.45, 2.75) is 13.5 Å². The van der Waals surface area contributed by atoms with Gasteiger partial charge in [-0.05, 0) is 31.2 Å². The molecule has 0 unspecified atom stereocenters. The summed E-state index contributed by atoms with van der Waals surface area (Å²) >= 11 is 0. The van der Waals surface area contributed by atoms with E-state index in [9.17, 15) is 0 Å². The molecule has 0 aliphatic heterocycles. The lowest BCUT2D eigenvalue weighted by Gasteiger charge is -1.98. The third kappa shape index (κ3) is 1.85. The normalized spacial score (nSPS) is 10.5. The fraction of sp³-hybridized carbons (Fsp3) is 0.182. The lowest BCUT2D eigenvalue weighted by atomic mass is 10.1. The SMILES string of the molecule is Cc1[nH]c(CO)nc1-c1ccc(O)cc1. The second-order valence-corrected chi connectivity index (χ2v) is 3.36. The molecule has 0 saturated carbocycles. The molecule has 15 heavy (non-hydrogen) atoms. The highest BCUT2D eigenvalue weighted by Gasteiger charge is 2.07.